The molecule has 1 aliphatic heterocycles. The lowest BCUT2D eigenvalue weighted by Crippen LogP contribution is -2.46. The molecule has 6 heteroatoms. The van der Waals surface area contributed by atoms with E-state index < -0.39 is 7.14 Å². The SMILES string of the molecule is Cc1ncc(N2CCN(CCP(C)(C)=O)CC2)s1. The lowest BCUT2D eigenvalue weighted by Gasteiger charge is -2.35. The van der Waals surface area contributed by atoms with Crippen molar-refractivity contribution in [3.8, 4) is 0 Å². The first-order valence-electron chi connectivity index (χ1n) is 6.38. The molecule has 0 radical (unpaired) electrons. The molecular formula is C12H22N3OPS. The molecule has 0 bridgehead atoms. The molecule has 0 unspecified atom stereocenters. The summed E-state index contributed by atoms with van der Waals surface area (Å²) in [7, 11) is -1.87. The minimum absolute atomic E-state index is 0.840. The normalized spacial score (nSPS) is 18.3. The Hall–Kier alpha value is -0.380. The zero-order valence-corrected chi connectivity index (χ0v) is 13.1. The van der Waals surface area contributed by atoms with Crippen LogP contribution in [0.5, 0.6) is 0 Å². The Bertz CT molecular complexity index is 434. The van der Waals surface area contributed by atoms with Crippen LogP contribution >= 0.6 is 18.5 Å². The third-order valence-electron chi connectivity index (χ3n) is 3.25. The van der Waals surface area contributed by atoms with Crippen LogP contribution < -0.4 is 4.90 Å². The van der Waals surface area contributed by atoms with E-state index in [0.717, 1.165) is 43.9 Å². The van der Waals surface area contributed by atoms with Crippen LogP contribution in [-0.2, 0) is 4.57 Å². The van der Waals surface area contributed by atoms with Crippen LogP contribution in [0.25, 0.3) is 0 Å². The number of thiazole rings is 1. The minimum atomic E-state index is -1.87. The molecule has 0 aromatic carbocycles. The maximum atomic E-state index is 11.7. The van der Waals surface area contributed by atoms with Gasteiger partial charge in [-0.3, -0.25) is 4.90 Å². The second kappa shape index (κ2) is 5.72. The second-order valence-corrected chi connectivity index (χ2v) is 10.2. The van der Waals surface area contributed by atoms with Crippen molar-refractivity contribution in [1.82, 2.24) is 9.88 Å². The minimum Gasteiger partial charge on any atom is -0.360 e. The molecule has 1 fully saturated rings. The summed E-state index contributed by atoms with van der Waals surface area (Å²) in [6.45, 7) is 11.0. The third kappa shape index (κ3) is 4.08. The van der Waals surface area contributed by atoms with Crippen LogP contribution in [0.3, 0.4) is 0 Å². The van der Waals surface area contributed by atoms with E-state index in [1.54, 1.807) is 11.3 Å². The average Bonchev–Trinajstić information content (AvgIpc) is 2.73. The molecular weight excluding hydrogens is 265 g/mol. The van der Waals surface area contributed by atoms with Gasteiger partial charge in [0.25, 0.3) is 0 Å². The number of rotatable bonds is 4. The molecule has 2 rings (SSSR count). The molecule has 0 aliphatic carbocycles. The van der Waals surface area contributed by atoms with Gasteiger partial charge in [-0.05, 0) is 20.3 Å². The Morgan fingerprint density at radius 1 is 1.33 bits per heavy atom. The van der Waals surface area contributed by atoms with Crippen molar-refractivity contribution in [3.63, 3.8) is 0 Å². The fourth-order valence-corrected chi connectivity index (χ4v) is 3.66. The number of aromatic nitrogens is 1. The van der Waals surface area contributed by atoms with E-state index >= 15 is 0 Å². The maximum Gasteiger partial charge on any atom is 0.111 e. The van der Waals surface area contributed by atoms with E-state index in [1.165, 1.54) is 5.00 Å². The van der Waals surface area contributed by atoms with Gasteiger partial charge in [0.1, 0.15) is 5.00 Å². The molecule has 1 aliphatic rings. The van der Waals surface area contributed by atoms with Crippen LogP contribution in [0.4, 0.5) is 5.00 Å². The zero-order chi connectivity index (χ0) is 13.2. The Kier molecular flexibility index (Phi) is 4.46. The van der Waals surface area contributed by atoms with Crippen LogP contribution in [0, 0.1) is 6.92 Å². The first kappa shape index (κ1) is 14.0. The Morgan fingerprint density at radius 2 is 2.00 bits per heavy atom. The van der Waals surface area contributed by atoms with Crippen molar-refractivity contribution < 1.29 is 4.57 Å². The van der Waals surface area contributed by atoms with E-state index in [2.05, 4.69) is 14.8 Å². The van der Waals surface area contributed by atoms with Gasteiger partial charge in [-0.1, -0.05) is 0 Å². The lowest BCUT2D eigenvalue weighted by atomic mass is 10.3. The highest BCUT2D eigenvalue weighted by molar-refractivity contribution is 7.62. The van der Waals surface area contributed by atoms with Gasteiger partial charge >= 0.3 is 0 Å². The summed E-state index contributed by atoms with van der Waals surface area (Å²) in [5.41, 5.74) is 0. The third-order valence-corrected chi connectivity index (χ3v) is 5.50. The van der Waals surface area contributed by atoms with Gasteiger partial charge in [0.05, 0.1) is 18.3 Å². The predicted octanol–water partition coefficient (Wildman–Crippen LogP) is 2.20. The van der Waals surface area contributed by atoms with Crippen LogP contribution in [-0.4, -0.2) is 62.1 Å². The number of piperazine rings is 1. The maximum absolute atomic E-state index is 11.7. The lowest BCUT2D eigenvalue weighted by molar-refractivity contribution is 0.272. The van der Waals surface area contributed by atoms with Crippen molar-refractivity contribution >= 4 is 23.5 Å². The summed E-state index contributed by atoms with van der Waals surface area (Å²) in [5, 5.41) is 2.41. The van der Waals surface area contributed by atoms with E-state index in [-0.39, 0.29) is 0 Å². The van der Waals surface area contributed by atoms with Crippen LogP contribution in [0.1, 0.15) is 5.01 Å². The Labute approximate surface area is 113 Å². The molecule has 18 heavy (non-hydrogen) atoms. The highest BCUT2D eigenvalue weighted by Gasteiger charge is 2.19. The van der Waals surface area contributed by atoms with E-state index in [4.69, 9.17) is 0 Å². The molecule has 102 valence electrons. The Balaban J connectivity index is 1.79. The molecule has 1 aromatic heterocycles. The van der Waals surface area contributed by atoms with Crippen molar-refractivity contribution in [2.24, 2.45) is 0 Å². The van der Waals surface area contributed by atoms with E-state index in [1.807, 2.05) is 26.5 Å². The van der Waals surface area contributed by atoms with Crippen LogP contribution in [0.15, 0.2) is 6.20 Å². The predicted molar refractivity (Wildman–Crippen MR) is 79.8 cm³/mol. The molecule has 0 saturated carbocycles. The standard InChI is InChI=1S/C12H22N3OPS/c1-11-13-10-12(18-11)15-6-4-14(5-7-15)8-9-17(2,3)16/h10H,4-9H2,1-3H3. The quantitative estimate of drug-likeness (QED) is 0.796. The fraction of sp³-hybridized carbons (Fsp3) is 0.750. The number of hydrogen-bond donors (Lipinski definition) is 0. The smallest absolute Gasteiger partial charge is 0.111 e. The monoisotopic (exact) mass is 287 g/mol. The highest BCUT2D eigenvalue weighted by atomic mass is 32.1. The number of anilines is 1. The summed E-state index contributed by atoms with van der Waals surface area (Å²) in [4.78, 5) is 9.13. The topological polar surface area (TPSA) is 36.4 Å². The van der Waals surface area contributed by atoms with Gasteiger partial charge in [-0.25, -0.2) is 4.98 Å². The summed E-state index contributed by atoms with van der Waals surface area (Å²) in [6.07, 6.45) is 2.81. The first-order valence-corrected chi connectivity index (χ1v) is 9.98. The number of hydrogen-bond acceptors (Lipinski definition) is 5. The van der Waals surface area contributed by atoms with Gasteiger partial charge in [-0.15, -0.1) is 11.3 Å². The van der Waals surface area contributed by atoms with Crippen molar-refractivity contribution in [1.29, 1.82) is 0 Å². The van der Waals surface area contributed by atoms with Gasteiger partial charge < -0.3 is 9.46 Å². The summed E-state index contributed by atoms with van der Waals surface area (Å²) < 4.78 is 11.7. The second-order valence-electron chi connectivity index (χ2n) is 5.34. The molecule has 1 saturated heterocycles. The van der Waals surface area contributed by atoms with Gasteiger partial charge in [0.2, 0.25) is 0 Å². The van der Waals surface area contributed by atoms with E-state index in [9.17, 15) is 4.57 Å². The zero-order valence-electron chi connectivity index (χ0n) is 11.4. The molecule has 4 nitrogen and oxygen atoms in total. The van der Waals surface area contributed by atoms with Crippen molar-refractivity contribution in [2.45, 2.75) is 6.92 Å². The molecule has 2 heterocycles. The van der Waals surface area contributed by atoms with Gasteiger partial charge in [0, 0.05) is 38.9 Å². The van der Waals surface area contributed by atoms with Gasteiger partial charge in [0.15, 0.2) is 0 Å². The largest absolute Gasteiger partial charge is 0.360 e. The molecule has 0 N–H and O–H groups in total. The number of aryl methyl sites for hydroxylation is 1. The van der Waals surface area contributed by atoms with Crippen LogP contribution in [0.2, 0.25) is 0 Å². The summed E-state index contributed by atoms with van der Waals surface area (Å²) in [5.74, 6) is 0. The average molecular weight is 287 g/mol. The molecule has 0 atom stereocenters. The molecule has 0 amide bonds. The number of nitrogens with zero attached hydrogens (tertiary/aromatic N) is 3. The first-order chi connectivity index (χ1) is 8.44. The van der Waals surface area contributed by atoms with E-state index in [0.29, 0.717) is 0 Å². The molecule has 1 aromatic rings. The van der Waals surface area contributed by atoms with Crippen molar-refractivity contribution in [2.75, 3.05) is 57.1 Å². The van der Waals surface area contributed by atoms with Gasteiger partial charge in [-0.2, -0.15) is 0 Å². The van der Waals surface area contributed by atoms with Crippen molar-refractivity contribution in [3.05, 3.63) is 11.2 Å². The fourth-order valence-electron chi connectivity index (χ4n) is 2.07. The summed E-state index contributed by atoms with van der Waals surface area (Å²) >= 11 is 1.76. The molecule has 0 spiro atoms. The Morgan fingerprint density at radius 3 is 2.50 bits per heavy atom. The summed E-state index contributed by atoms with van der Waals surface area (Å²) in [6, 6.07) is 0. The highest BCUT2D eigenvalue weighted by Crippen LogP contribution is 2.35.